The summed E-state index contributed by atoms with van der Waals surface area (Å²) in [7, 11) is 1.56. The molecule has 4 N–H and O–H groups in total. The molecule has 194 valence electrons. The zero-order chi connectivity index (χ0) is 25.8. The molecular formula is C26H31NO9. The van der Waals surface area contributed by atoms with Gasteiger partial charge in [-0.15, -0.1) is 0 Å². The zero-order valence-corrected chi connectivity index (χ0v) is 20.3. The number of carboxylic acids is 1. The van der Waals surface area contributed by atoms with Crippen LogP contribution in [0.1, 0.15) is 56.6 Å². The Bertz CT molecular complexity index is 1140. The topological polar surface area (TPSA) is 152 Å². The maximum absolute atomic E-state index is 12.8. The minimum Gasteiger partial charge on any atom is -0.493 e. The van der Waals surface area contributed by atoms with E-state index in [1.54, 1.807) is 13.2 Å². The van der Waals surface area contributed by atoms with Crippen LogP contribution in [0.5, 0.6) is 11.5 Å². The van der Waals surface area contributed by atoms with E-state index in [2.05, 4.69) is 5.32 Å². The molecule has 1 saturated carbocycles. The number of amides is 1. The van der Waals surface area contributed by atoms with Gasteiger partial charge in [0.05, 0.1) is 18.1 Å². The van der Waals surface area contributed by atoms with Gasteiger partial charge in [0.2, 0.25) is 5.91 Å². The third-order valence-corrected chi connectivity index (χ3v) is 8.33. The third kappa shape index (κ3) is 3.49. The molecule has 0 radical (unpaired) electrons. The van der Waals surface area contributed by atoms with Gasteiger partial charge in [-0.25, -0.2) is 4.79 Å². The summed E-state index contributed by atoms with van der Waals surface area (Å²) in [6.45, 7) is 1.22. The summed E-state index contributed by atoms with van der Waals surface area (Å²) in [5, 5.41) is 33.0. The second-order valence-electron chi connectivity index (χ2n) is 10.2. The highest BCUT2D eigenvalue weighted by Crippen LogP contribution is 2.67. The molecule has 0 unspecified atom stereocenters. The summed E-state index contributed by atoms with van der Waals surface area (Å²) in [5.41, 5.74) is 0.273. The summed E-state index contributed by atoms with van der Waals surface area (Å²) in [5.74, 6) is -1.32. The van der Waals surface area contributed by atoms with Crippen molar-refractivity contribution in [2.45, 2.75) is 81.1 Å². The molecule has 1 aromatic carbocycles. The van der Waals surface area contributed by atoms with Crippen molar-refractivity contribution < 1.29 is 43.9 Å². The lowest BCUT2D eigenvalue weighted by Crippen LogP contribution is -2.67. The first-order valence-electron chi connectivity index (χ1n) is 12.3. The largest absolute Gasteiger partial charge is 0.493 e. The van der Waals surface area contributed by atoms with E-state index in [1.807, 2.05) is 12.1 Å². The number of methoxy groups -OCH3 is 1. The molecule has 10 heteroatoms. The van der Waals surface area contributed by atoms with Crippen molar-refractivity contribution in [3.63, 3.8) is 0 Å². The van der Waals surface area contributed by atoms with Gasteiger partial charge in [0.15, 0.2) is 17.6 Å². The van der Waals surface area contributed by atoms with E-state index in [0.717, 1.165) is 30.4 Å². The van der Waals surface area contributed by atoms with Gasteiger partial charge in [0.25, 0.3) is 0 Å². The lowest BCUT2D eigenvalue weighted by Gasteiger charge is -2.59. The Morgan fingerprint density at radius 3 is 2.78 bits per heavy atom. The van der Waals surface area contributed by atoms with Crippen molar-refractivity contribution in [2.24, 2.45) is 5.92 Å². The Morgan fingerprint density at radius 2 is 2.08 bits per heavy atom. The number of esters is 1. The normalized spacial score (nSPS) is 30.7. The average molecular weight is 502 g/mol. The molecule has 4 aliphatic rings. The van der Waals surface area contributed by atoms with Gasteiger partial charge in [-0.3, -0.25) is 9.59 Å². The highest BCUT2D eigenvalue weighted by atomic mass is 16.6. The van der Waals surface area contributed by atoms with E-state index < -0.39 is 47.1 Å². The molecule has 2 bridgehead atoms. The van der Waals surface area contributed by atoms with Crippen LogP contribution in [0.3, 0.4) is 0 Å². The number of ether oxygens (including phenoxy) is 3. The van der Waals surface area contributed by atoms with Crippen molar-refractivity contribution in [1.82, 2.24) is 5.32 Å². The summed E-state index contributed by atoms with van der Waals surface area (Å²) in [6.07, 6.45) is 2.71. The Hall–Kier alpha value is -3.11. The summed E-state index contributed by atoms with van der Waals surface area (Å²) < 4.78 is 17.7. The van der Waals surface area contributed by atoms with Crippen LogP contribution in [0.2, 0.25) is 0 Å². The average Bonchev–Trinajstić information content (AvgIpc) is 3.18. The zero-order valence-electron chi connectivity index (χ0n) is 20.3. The monoisotopic (exact) mass is 501 g/mol. The van der Waals surface area contributed by atoms with Crippen LogP contribution < -0.4 is 14.8 Å². The van der Waals surface area contributed by atoms with Gasteiger partial charge in [0.1, 0.15) is 17.9 Å². The standard InChI is InChI=1S/C26H31NO9/c1-13(28)23(30)27-16(24(31)32)6-8-19(29)35-18-9-11-26(33)15-4-3-10-25(26)20-14(12-15)5-7-17(34-2)21(20)36-22(18)25/h5,7,9,13,15-16,22,28,33H,3-4,6,8,10-12H2,1-2H3,(H,27,30)(H,31,32)/t13-,15+,16-,22-,25-,26+/m0/s1. The van der Waals surface area contributed by atoms with Crippen molar-refractivity contribution in [3.05, 3.63) is 35.1 Å². The molecule has 0 aromatic heterocycles. The van der Waals surface area contributed by atoms with Gasteiger partial charge in [-0.1, -0.05) is 12.5 Å². The van der Waals surface area contributed by atoms with Crippen molar-refractivity contribution in [1.29, 1.82) is 0 Å². The van der Waals surface area contributed by atoms with Crippen molar-refractivity contribution in [3.8, 4) is 11.5 Å². The van der Waals surface area contributed by atoms with Crippen LogP contribution in [-0.4, -0.2) is 64.1 Å². The first kappa shape index (κ1) is 24.6. The second kappa shape index (κ2) is 8.77. The van der Waals surface area contributed by atoms with Crippen molar-refractivity contribution in [2.75, 3.05) is 7.11 Å². The predicted octanol–water partition coefficient (Wildman–Crippen LogP) is 1.34. The fourth-order valence-corrected chi connectivity index (χ4v) is 6.68. The molecule has 6 atom stereocenters. The fourth-order valence-electron chi connectivity index (χ4n) is 6.68. The Kier molecular flexibility index (Phi) is 5.99. The molecular weight excluding hydrogens is 470 g/mol. The molecule has 1 amide bonds. The smallest absolute Gasteiger partial charge is 0.326 e. The number of carboxylic acid groups (broad SMARTS) is 1. The van der Waals surface area contributed by atoms with Gasteiger partial charge in [0, 0.05) is 12.0 Å². The van der Waals surface area contributed by atoms with Gasteiger partial charge >= 0.3 is 11.9 Å². The molecule has 1 heterocycles. The minimum atomic E-state index is -1.37. The van der Waals surface area contributed by atoms with Gasteiger partial charge < -0.3 is 34.8 Å². The number of aliphatic hydroxyl groups excluding tert-OH is 1. The molecule has 1 aliphatic heterocycles. The Balaban J connectivity index is 1.39. The summed E-state index contributed by atoms with van der Waals surface area (Å²) >= 11 is 0. The van der Waals surface area contributed by atoms with Gasteiger partial charge in [-0.05, 0) is 62.7 Å². The predicted molar refractivity (Wildman–Crippen MR) is 124 cm³/mol. The van der Waals surface area contributed by atoms with Gasteiger partial charge in [-0.2, -0.15) is 0 Å². The third-order valence-electron chi connectivity index (χ3n) is 8.33. The van der Waals surface area contributed by atoms with Crippen LogP contribution >= 0.6 is 0 Å². The minimum absolute atomic E-state index is 0.0616. The SMILES string of the molecule is COc1ccc2c3c1O[C@H]1C(OC(=O)CC[C@H](NC(=O)[C@H](C)O)C(=O)O)=CC[C@@]4(O)[C@H](CCC[C@]314)C2. The van der Waals surface area contributed by atoms with E-state index >= 15 is 0 Å². The Labute approximate surface area is 208 Å². The van der Waals surface area contributed by atoms with E-state index in [0.29, 0.717) is 30.1 Å². The maximum Gasteiger partial charge on any atom is 0.326 e. The summed E-state index contributed by atoms with van der Waals surface area (Å²) in [6, 6.07) is 2.55. The highest BCUT2D eigenvalue weighted by Gasteiger charge is 2.70. The van der Waals surface area contributed by atoms with Crippen molar-refractivity contribution >= 4 is 17.8 Å². The lowest BCUT2D eigenvalue weighted by molar-refractivity contribution is -0.160. The highest BCUT2D eigenvalue weighted by molar-refractivity contribution is 5.86. The lowest BCUT2D eigenvalue weighted by atomic mass is 9.47. The number of carbonyl (C=O) groups is 3. The Morgan fingerprint density at radius 1 is 1.31 bits per heavy atom. The molecule has 1 aromatic rings. The van der Waals surface area contributed by atoms with E-state index in [4.69, 9.17) is 14.2 Å². The maximum atomic E-state index is 12.8. The van der Waals surface area contributed by atoms with Crippen LogP contribution in [0.25, 0.3) is 0 Å². The van der Waals surface area contributed by atoms with Crippen LogP contribution in [0.4, 0.5) is 0 Å². The molecule has 10 nitrogen and oxygen atoms in total. The number of nitrogens with one attached hydrogen (secondary N) is 1. The van der Waals surface area contributed by atoms with Crippen LogP contribution in [0, 0.1) is 5.92 Å². The number of benzene rings is 1. The first-order chi connectivity index (χ1) is 17.1. The number of hydrogen-bond acceptors (Lipinski definition) is 8. The quantitative estimate of drug-likeness (QED) is 0.387. The first-order valence-corrected chi connectivity index (χ1v) is 12.3. The van der Waals surface area contributed by atoms with E-state index in [1.165, 1.54) is 6.92 Å². The second-order valence-corrected chi connectivity index (χ2v) is 10.2. The fraction of sp³-hybridized carbons (Fsp3) is 0.577. The molecule has 0 saturated heterocycles. The number of carbonyl (C=O) groups excluding carboxylic acids is 2. The summed E-state index contributed by atoms with van der Waals surface area (Å²) in [4.78, 5) is 36.0. The van der Waals surface area contributed by atoms with E-state index in [9.17, 15) is 29.7 Å². The number of aliphatic hydroxyl groups is 2. The molecule has 36 heavy (non-hydrogen) atoms. The number of hydrogen-bond donors (Lipinski definition) is 4. The van der Waals surface area contributed by atoms with E-state index in [-0.39, 0.29) is 18.8 Å². The van der Waals surface area contributed by atoms with Crippen LogP contribution in [0.15, 0.2) is 24.0 Å². The molecule has 5 rings (SSSR count). The van der Waals surface area contributed by atoms with Crippen LogP contribution in [-0.2, 0) is 31.0 Å². The molecule has 1 spiro atoms. The number of aliphatic carboxylic acids is 1. The number of rotatable bonds is 8. The molecule has 1 fully saturated rings. The molecule has 3 aliphatic carbocycles.